The van der Waals surface area contributed by atoms with Crippen LogP contribution in [-0.2, 0) is 6.61 Å². The molecule has 0 aliphatic heterocycles. The number of benzene rings is 1. The quantitative estimate of drug-likeness (QED) is 0.786. The number of carbonyl (C=O) groups is 1. The van der Waals surface area contributed by atoms with E-state index in [2.05, 4.69) is 10.3 Å². The average molecular weight is 273 g/mol. The number of rotatable bonds is 5. The molecule has 0 atom stereocenters. The summed E-state index contributed by atoms with van der Waals surface area (Å²) >= 11 is 0. The number of carbonyl (C=O) groups excluding carboxylic acids is 1. The van der Waals surface area contributed by atoms with E-state index >= 15 is 0 Å². The number of aryl methyl sites for hydroxylation is 1. The SMILES string of the molecule is Cc1cccc(OCc2c(C=O)nnn2C(C)C)c1C. The molecular formula is C15H19N3O2. The lowest BCUT2D eigenvalue weighted by atomic mass is 10.1. The van der Waals surface area contributed by atoms with E-state index in [0.29, 0.717) is 17.7 Å². The number of aromatic nitrogens is 3. The standard InChI is InChI=1S/C15H19N3O2/c1-10(2)18-14(13(8-19)16-17-18)9-20-15-7-5-6-11(3)12(15)4/h5-8,10H,9H2,1-4H3. The van der Waals surface area contributed by atoms with Gasteiger partial charge in [0.1, 0.15) is 18.1 Å². The molecule has 0 bridgehead atoms. The van der Waals surface area contributed by atoms with Gasteiger partial charge in [-0.1, -0.05) is 17.3 Å². The highest BCUT2D eigenvalue weighted by atomic mass is 16.5. The molecule has 2 rings (SSSR count). The summed E-state index contributed by atoms with van der Waals surface area (Å²) in [7, 11) is 0. The predicted molar refractivity (Wildman–Crippen MR) is 76.0 cm³/mol. The molecule has 5 nitrogen and oxygen atoms in total. The lowest BCUT2D eigenvalue weighted by Gasteiger charge is -2.13. The molecule has 20 heavy (non-hydrogen) atoms. The molecule has 0 radical (unpaired) electrons. The summed E-state index contributed by atoms with van der Waals surface area (Å²) in [6.45, 7) is 8.32. The van der Waals surface area contributed by atoms with Crippen molar-refractivity contribution in [3.63, 3.8) is 0 Å². The highest BCUT2D eigenvalue weighted by molar-refractivity contribution is 5.73. The number of hydrogen-bond donors (Lipinski definition) is 0. The van der Waals surface area contributed by atoms with Gasteiger partial charge in [0.2, 0.25) is 0 Å². The molecular weight excluding hydrogens is 254 g/mol. The summed E-state index contributed by atoms with van der Waals surface area (Å²) in [5, 5.41) is 7.87. The van der Waals surface area contributed by atoms with Gasteiger partial charge in [-0.3, -0.25) is 4.79 Å². The lowest BCUT2D eigenvalue weighted by Crippen LogP contribution is -2.11. The van der Waals surface area contributed by atoms with Gasteiger partial charge in [-0.05, 0) is 44.9 Å². The van der Waals surface area contributed by atoms with Crippen LogP contribution in [0.1, 0.15) is 47.2 Å². The summed E-state index contributed by atoms with van der Waals surface area (Å²) in [6.07, 6.45) is 0.716. The maximum atomic E-state index is 11.0. The normalized spacial score (nSPS) is 10.8. The van der Waals surface area contributed by atoms with Crippen LogP contribution in [0, 0.1) is 13.8 Å². The first kappa shape index (κ1) is 14.2. The molecule has 2 aromatic rings. The fraction of sp³-hybridized carbons (Fsp3) is 0.400. The summed E-state index contributed by atoms with van der Waals surface area (Å²) in [5.41, 5.74) is 3.32. The van der Waals surface area contributed by atoms with E-state index in [4.69, 9.17) is 4.74 Å². The van der Waals surface area contributed by atoms with Crippen LogP contribution < -0.4 is 4.74 Å². The molecule has 0 aliphatic rings. The predicted octanol–water partition coefficient (Wildman–Crippen LogP) is 2.87. The topological polar surface area (TPSA) is 57.0 Å². The summed E-state index contributed by atoms with van der Waals surface area (Å²) in [6, 6.07) is 6.05. The maximum absolute atomic E-state index is 11.0. The Morgan fingerprint density at radius 3 is 2.75 bits per heavy atom. The Morgan fingerprint density at radius 1 is 1.35 bits per heavy atom. The van der Waals surface area contributed by atoms with Crippen molar-refractivity contribution in [2.75, 3.05) is 0 Å². The molecule has 0 saturated heterocycles. The number of nitrogens with zero attached hydrogens (tertiary/aromatic N) is 3. The Bertz CT molecular complexity index is 618. The van der Waals surface area contributed by atoms with Crippen molar-refractivity contribution in [2.45, 2.75) is 40.3 Å². The minimum absolute atomic E-state index is 0.133. The van der Waals surface area contributed by atoms with Gasteiger partial charge in [-0.15, -0.1) is 5.10 Å². The van der Waals surface area contributed by atoms with Crippen molar-refractivity contribution in [1.82, 2.24) is 15.0 Å². The zero-order chi connectivity index (χ0) is 14.7. The van der Waals surface area contributed by atoms with E-state index in [0.717, 1.165) is 11.3 Å². The van der Waals surface area contributed by atoms with Crippen LogP contribution in [0.4, 0.5) is 0 Å². The molecule has 5 heteroatoms. The van der Waals surface area contributed by atoms with E-state index in [1.54, 1.807) is 4.68 Å². The van der Waals surface area contributed by atoms with Crippen molar-refractivity contribution in [3.8, 4) is 5.75 Å². The van der Waals surface area contributed by atoms with Crippen molar-refractivity contribution >= 4 is 6.29 Å². The van der Waals surface area contributed by atoms with Crippen LogP contribution in [-0.4, -0.2) is 21.3 Å². The van der Waals surface area contributed by atoms with E-state index in [-0.39, 0.29) is 12.6 Å². The largest absolute Gasteiger partial charge is 0.487 e. The molecule has 0 saturated carbocycles. The van der Waals surface area contributed by atoms with E-state index in [1.807, 2.05) is 45.9 Å². The van der Waals surface area contributed by atoms with Crippen molar-refractivity contribution in [1.29, 1.82) is 0 Å². The summed E-state index contributed by atoms with van der Waals surface area (Å²) < 4.78 is 7.55. The van der Waals surface area contributed by atoms with E-state index in [9.17, 15) is 4.79 Å². The third-order valence-electron chi connectivity index (χ3n) is 3.34. The zero-order valence-corrected chi connectivity index (χ0v) is 12.3. The van der Waals surface area contributed by atoms with Crippen LogP contribution in [0.2, 0.25) is 0 Å². The minimum Gasteiger partial charge on any atom is -0.487 e. The zero-order valence-electron chi connectivity index (χ0n) is 12.3. The second-order valence-corrected chi connectivity index (χ2v) is 5.06. The molecule has 0 unspecified atom stereocenters. The number of ether oxygens (including phenoxy) is 1. The number of aldehydes is 1. The molecule has 0 spiro atoms. The molecule has 0 fully saturated rings. The fourth-order valence-corrected chi connectivity index (χ4v) is 2.00. The van der Waals surface area contributed by atoms with Gasteiger partial charge in [-0.25, -0.2) is 4.68 Å². The second-order valence-electron chi connectivity index (χ2n) is 5.06. The van der Waals surface area contributed by atoms with E-state index in [1.165, 1.54) is 5.56 Å². The Morgan fingerprint density at radius 2 is 2.10 bits per heavy atom. The molecule has 1 aromatic heterocycles. The van der Waals surface area contributed by atoms with Crippen LogP contribution in [0.15, 0.2) is 18.2 Å². The van der Waals surface area contributed by atoms with Gasteiger partial charge < -0.3 is 4.74 Å². The average Bonchev–Trinajstić information content (AvgIpc) is 2.83. The second kappa shape index (κ2) is 5.86. The lowest BCUT2D eigenvalue weighted by molar-refractivity contribution is 0.111. The summed E-state index contributed by atoms with van der Waals surface area (Å²) in [4.78, 5) is 11.0. The van der Waals surface area contributed by atoms with Gasteiger partial charge in [-0.2, -0.15) is 0 Å². The van der Waals surface area contributed by atoms with Crippen LogP contribution in [0.25, 0.3) is 0 Å². The third kappa shape index (κ3) is 2.71. The van der Waals surface area contributed by atoms with Crippen LogP contribution >= 0.6 is 0 Å². The van der Waals surface area contributed by atoms with Crippen molar-refractivity contribution in [2.24, 2.45) is 0 Å². The van der Waals surface area contributed by atoms with Gasteiger partial charge >= 0.3 is 0 Å². The first-order valence-electron chi connectivity index (χ1n) is 6.62. The van der Waals surface area contributed by atoms with E-state index < -0.39 is 0 Å². The maximum Gasteiger partial charge on any atom is 0.172 e. The molecule has 1 aromatic carbocycles. The highest BCUT2D eigenvalue weighted by Gasteiger charge is 2.15. The van der Waals surface area contributed by atoms with Gasteiger partial charge in [0.15, 0.2) is 12.0 Å². The molecule has 1 heterocycles. The third-order valence-corrected chi connectivity index (χ3v) is 3.34. The molecule has 0 amide bonds. The van der Waals surface area contributed by atoms with Crippen LogP contribution in [0.5, 0.6) is 5.75 Å². The number of hydrogen-bond acceptors (Lipinski definition) is 4. The Hall–Kier alpha value is -2.17. The Labute approximate surface area is 118 Å². The molecule has 0 N–H and O–H groups in total. The van der Waals surface area contributed by atoms with Crippen molar-refractivity contribution < 1.29 is 9.53 Å². The van der Waals surface area contributed by atoms with Gasteiger partial charge in [0, 0.05) is 6.04 Å². The first-order chi connectivity index (χ1) is 9.54. The fourth-order valence-electron chi connectivity index (χ4n) is 2.00. The van der Waals surface area contributed by atoms with Crippen molar-refractivity contribution in [3.05, 3.63) is 40.7 Å². The molecule has 0 aliphatic carbocycles. The minimum atomic E-state index is 0.133. The van der Waals surface area contributed by atoms with Gasteiger partial charge in [0.05, 0.1) is 0 Å². The van der Waals surface area contributed by atoms with Gasteiger partial charge in [0.25, 0.3) is 0 Å². The summed E-state index contributed by atoms with van der Waals surface area (Å²) in [5.74, 6) is 0.818. The highest BCUT2D eigenvalue weighted by Crippen LogP contribution is 2.22. The smallest absolute Gasteiger partial charge is 0.172 e. The first-order valence-corrected chi connectivity index (χ1v) is 6.62. The Balaban J connectivity index is 2.24. The molecule has 106 valence electrons. The van der Waals surface area contributed by atoms with Crippen LogP contribution in [0.3, 0.4) is 0 Å². The Kier molecular flexibility index (Phi) is 4.17. The monoisotopic (exact) mass is 273 g/mol.